The Morgan fingerprint density at radius 3 is 2.58 bits per heavy atom. The number of Topliss-reactive ketones (excluding diaryl/α,β-unsaturated/α-hetero) is 1. The van der Waals surface area contributed by atoms with Gasteiger partial charge in [0.25, 0.3) is 6.47 Å². The van der Waals surface area contributed by atoms with E-state index in [0.29, 0.717) is 12.8 Å². The molecule has 0 bridgehead atoms. The van der Waals surface area contributed by atoms with E-state index in [1.807, 2.05) is 6.08 Å². The summed E-state index contributed by atoms with van der Waals surface area (Å²) in [6, 6.07) is 0. The summed E-state index contributed by atoms with van der Waals surface area (Å²) in [4.78, 5) is 33.8. The number of rotatable bonds is 4. The molecule has 5 aliphatic rings. The minimum absolute atomic E-state index is 0.00184. The van der Waals surface area contributed by atoms with Crippen LogP contribution in [0.3, 0.4) is 0 Å². The van der Waals surface area contributed by atoms with Crippen molar-refractivity contribution >= 4 is 18.0 Å². The zero-order valence-corrected chi connectivity index (χ0v) is 20.4. The van der Waals surface area contributed by atoms with Gasteiger partial charge in [-0.25, -0.2) is 0 Å². The van der Waals surface area contributed by atoms with Gasteiger partial charge in [-0.05, 0) is 57.4 Å². The molecule has 5 rings (SSSR count). The Bertz CT molecular complexity index is 924. The molecule has 33 heavy (non-hydrogen) atoms. The van der Waals surface area contributed by atoms with Gasteiger partial charge in [0.2, 0.25) is 0 Å². The van der Waals surface area contributed by atoms with Crippen molar-refractivity contribution in [2.75, 3.05) is 0 Å². The van der Waals surface area contributed by atoms with Crippen molar-refractivity contribution in [3.05, 3.63) is 24.3 Å². The maximum atomic E-state index is 13.1. The molecule has 2 N–H and O–H groups in total. The highest BCUT2D eigenvalue weighted by Crippen LogP contribution is 2.82. The zero-order chi connectivity index (χ0) is 24.4. The minimum atomic E-state index is -0.721. The molecule has 6 heteroatoms. The van der Waals surface area contributed by atoms with Crippen molar-refractivity contribution in [3.63, 3.8) is 0 Å². The van der Waals surface area contributed by atoms with E-state index >= 15 is 0 Å². The van der Waals surface area contributed by atoms with Gasteiger partial charge < -0.3 is 14.9 Å². The van der Waals surface area contributed by atoms with Gasteiger partial charge in [0.15, 0.2) is 5.78 Å². The van der Waals surface area contributed by atoms with Gasteiger partial charge in [0.05, 0.1) is 11.7 Å². The molecule has 1 spiro atoms. The van der Waals surface area contributed by atoms with Gasteiger partial charge >= 0.3 is 0 Å². The first-order chi connectivity index (χ1) is 15.5. The van der Waals surface area contributed by atoms with Gasteiger partial charge in [-0.2, -0.15) is 0 Å². The maximum absolute atomic E-state index is 13.1. The van der Waals surface area contributed by atoms with Gasteiger partial charge in [0, 0.05) is 28.6 Å². The molecule has 0 amide bonds. The number of carbonyl (C=O) groups excluding carboxylic acids is 2. The number of ether oxygens (including phenoxy) is 1. The first kappa shape index (κ1) is 24.3. The molecule has 6 nitrogen and oxygen atoms in total. The number of carbonyl (C=O) groups is 3. The molecule has 8 atom stereocenters. The number of ketones is 2. The molecular weight excluding hydrogens is 420 g/mol. The summed E-state index contributed by atoms with van der Waals surface area (Å²) in [5.74, 6) is 0.226. The highest BCUT2D eigenvalue weighted by Gasteiger charge is 2.87. The van der Waals surface area contributed by atoms with Crippen LogP contribution in [-0.2, 0) is 19.1 Å². The molecule has 0 unspecified atom stereocenters. The minimum Gasteiger partial charge on any atom is -0.483 e. The van der Waals surface area contributed by atoms with Gasteiger partial charge in [-0.15, -0.1) is 6.58 Å². The van der Waals surface area contributed by atoms with Crippen LogP contribution in [0, 0.1) is 28.1 Å². The van der Waals surface area contributed by atoms with Crippen molar-refractivity contribution in [2.45, 2.75) is 96.4 Å². The third-order valence-corrected chi connectivity index (χ3v) is 10.5. The number of hydrogen-bond donors (Lipinski definition) is 2. The molecule has 1 aliphatic heterocycles. The Kier molecular flexibility index (Phi) is 5.61. The zero-order valence-electron chi connectivity index (χ0n) is 20.4. The molecule has 0 aromatic heterocycles. The van der Waals surface area contributed by atoms with E-state index in [4.69, 9.17) is 14.6 Å². The molecule has 3 saturated carbocycles. The summed E-state index contributed by atoms with van der Waals surface area (Å²) in [6.45, 7) is 12.4. The van der Waals surface area contributed by atoms with E-state index in [1.54, 1.807) is 6.92 Å². The second kappa shape index (κ2) is 7.61. The monoisotopic (exact) mass is 458 g/mol. The smallest absolute Gasteiger partial charge is 0.290 e. The Morgan fingerprint density at radius 1 is 1.33 bits per heavy atom. The Labute approximate surface area is 196 Å². The lowest BCUT2D eigenvalue weighted by molar-refractivity contribution is -0.164. The van der Waals surface area contributed by atoms with E-state index in [1.165, 1.54) is 0 Å². The molecular formula is C27H38O6. The predicted molar refractivity (Wildman–Crippen MR) is 123 cm³/mol. The summed E-state index contributed by atoms with van der Waals surface area (Å²) in [5.41, 5.74) is -1.15. The van der Waals surface area contributed by atoms with Crippen molar-refractivity contribution in [2.24, 2.45) is 28.1 Å². The fourth-order valence-electron chi connectivity index (χ4n) is 9.07. The molecule has 0 aromatic rings. The fraction of sp³-hybridized carbons (Fsp3) is 0.741. The van der Waals surface area contributed by atoms with E-state index in [2.05, 4.69) is 33.4 Å². The van der Waals surface area contributed by atoms with Gasteiger partial charge in [0.1, 0.15) is 11.4 Å². The average molecular weight is 459 g/mol. The van der Waals surface area contributed by atoms with Crippen molar-refractivity contribution in [1.82, 2.24) is 0 Å². The third kappa shape index (κ3) is 2.71. The predicted octanol–water partition coefficient (Wildman–Crippen LogP) is 4.25. The second-order valence-electron chi connectivity index (χ2n) is 11.4. The topological polar surface area (TPSA) is 104 Å². The first-order valence-corrected chi connectivity index (χ1v) is 12.3. The highest BCUT2D eigenvalue weighted by atomic mass is 16.6. The molecule has 0 aromatic carbocycles. The van der Waals surface area contributed by atoms with Crippen LogP contribution in [0.1, 0.15) is 79.1 Å². The standard InChI is InChI=1S/C26H36O4.CH2O2/c1-6-10-24(29)12-9-20-23(24,5)15-21-26(30-21)22(4)11-8-18(28)13-17(22)14-19(16(3)27)25(20,26)7-2;2-1-3/h7,13,19-21,29H,2,6,8-12,14-15H2,1,3-5H3;1H,(H,2,3)/t19-,20+,21+,22-,23-,24-,25-,26-;/m0./s1. The van der Waals surface area contributed by atoms with Crippen LogP contribution in [0.25, 0.3) is 0 Å². The summed E-state index contributed by atoms with van der Waals surface area (Å²) < 4.78 is 6.74. The van der Waals surface area contributed by atoms with E-state index in [9.17, 15) is 14.7 Å². The van der Waals surface area contributed by atoms with Gasteiger partial charge in [-0.1, -0.05) is 38.8 Å². The lowest BCUT2D eigenvalue weighted by Crippen LogP contribution is -2.69. The normalized spacial score (nSPS) is 49.2. The quantitative estimate of drug-likeness (QED) is 0.371. The van der Waals surface area contributed by atoms with Gasteiger partial charge in [-0.3, -0.25) is 14.4 Å². The largest absolute Gasteiger partial charge is 0.483 e. The van der Waals surface area contributed by atoms with Crippen LogP contribution in [0.4, 0.5) is 0 Å². The molecule has 0 radical (unpaired) electrons. The van der Waals surface area contributed by atoms with Crippen LogP contribution in [-0.4, -0.2) is 45.6 Å². The summed E-state index contributed by atoms with van der Waals surface area (Å²) in [6.07, 6.45) is 10.0. The lowest BCUT2D eigenvalue weighted by atomic mass is 9.37. The fourth-order valence-corrected chi connectivity index (χ4v) is 9.07. The SMILES string of the molecule is C=C[C@@]12[C@H](C(C)=O)CC3=CC(=O)CC[C@]3(C)[C@]13O[C@@H]3C[C@@]1(C)[C@H]2CC[C@@]1(O)CCC.O=CO. The number of carboxylic acid groups (broad SMARTS) is 1. The Morgan fingerprint density at radius 2 is 2.00 bits per heavy atom. The van der Waals surface area contributed by atoms with E-state index in [-0.39, 0.29) is 46.8 Å². The average Bonchev–Trinajstić information content (AvgIpc) is 3.41. The maximum Gasteiger partial charge on any atom is 0.290 e. The van der Waals surface area contributed by atoms with Crippen molar-refractivity contribution in [1.29, 1.82) is 0 Å². The molecule has 1 saturated heterocycles. The van der Waals surface area contributed by atoms with Crippen LogP contribution < -0.4 is 0 Å². The summed E-state index contributed by atoms with van der Waals surface area (Å²) in [5, 5.41) is 18.7. The first-order valence-electron chi connectivity index (χ1n) is 12.3. The molecule has 4 aliphatic carbocycles. The second-order valence-corrected chi connectivity index (χ2v) is 11.4. The van der Waals surface area contributed by atoms with Crippen LogP contribution in [0.2, 0.25) is 0 Å². The highest BCUT2D eigenvalue weighted by molar-refractivity contribution is 5.92. The summed E-state index contributed by atoms with van der Waals surface area (Å²) >= 11 is 0. The Hall–Kier alpha value is -1.79. The van der Waals surface area contributed by atoms with Crippen molar-refractivity contribution in [3.8, 4) is 0 Å². The lowest BCUT2D eigenvalue weighted by Gasteiger charge is -2.64. The molecule has 4 fully saturated rings. The third-order valence-electron chi connectivity index (χ3n) is 10.5. The molecule has 1 heterocycles. The van der Waals surface area contributed by atoms with Crippen LogP contribution in [0.5, 0.6) is 0 Å². The van der Waals surface area contributed by atoms with Crippen molar-refractivity contribution < 1.29 is 29.3 Å². The van der Waals surface area contributed by atoms with E-state index < -0.39 is 16.6 Å². The molecule has 182 valence electrons. The number of aliphatic hydroxyl groups is 1. The van der Waals surface area contributed by atoms with Crippen LogP contribution >= 0.6 is 0 Å². The van der Waals surface area contributed by atoms with E-state index in [0.717, 1.165) is 44.1 Å². The summed E-state index contributed by atoms with van der Waals surface area (Å²) in [7, 11) is 0. The number of fused-ring (bicyclic) bond motifs is 3. The Balaban J connectivity index is 0.000000821. The number of epoxide rings is 1. The van der Waals surface area contributed by atoms with Crippen LogP contribution in [0.15, 0.2) is 24.3 Å². The number of hydrogen-bond acceptors (Lipinski definition) is 5.